The van der Waals surface area contributed by atoms with E-state index in [9.17, 15) is 0 Å². The summed E-state index contributed by atoms with van der Waals surface area (Å²) in [7, 11) is 4.32. The number of fused-ring (bicyclic) bond motifs is 1. The molecule has 1 aliphatic carbocycles. The number of rotatable bonds is 4. The summed E-state index contributed by atoms with van der Waals surface area (Å²) < 4.78 is 0. The van der Waals surface area contributed by atoms with Crippen molar-refractivity contribution in [3.8, 4) is 0 Å². The van der Waals surface area contributed by atoms with E-state index in [2.05, 4.69) is 35.5 Å². The van der Waals surface area contributed by atoms with Gasteiger partial charge in [0.25, 0.3) is 0 Å². The zero-order valence-corrected chi connectivity index (χ0v) is 11.6. The lowest BCUT2D eigenvalue weighted by Crippen LogP contribution is -3.05. The van der Waals surface area contributed by atoms with Gasteiger partial charge in [-0.2, -0.15) is 0 Å². The standard InChI is InChI=1S/C13H19ClN4/c1-18(2)7-3-6-15-13-11-5-4-10(14)8-12(11)16-9-17-13/h4-5,8-9,11-12H,3,6-7H2,1-2H3,(H,15,16,17)/p+1/t11-,12+/m0/s1. The molecule has 0 aromatic rings. The maximum absolute atomic E-state index is 5.98. The molecule has 4 nitrogen and oxygen atoms in total. The Morgan fingerprint density at radius 1 is 1.50 bits per heavy atom. The minimum Gasteiger partial charge on any atom is -0.340 e. The van der Waals surface area contributed by atoms with E-state index in [1.54, 1.807) is 6.34 Å². The van der Waals surface area contributed by atoms with Crippen molar-refractivity contribution in [2.75, 3.05) is 27.2 Å². The third-order valence-electron chi connectivity index (χ3n) is 3.05. The van der Waals surface area contributed by atoms with Gasteiger partial charge < -0.3 is 10.2 Å². The van der Waals surface area contributed by atoms with Gasteiger partial charge in [-0.3, -0.25) is 9.98 Å². The van der Waals surface area contributed by atoms with Crippen molar-refractivity contribution in [3.63, 3.8) is 0 Å². The van der Waals surface area contributed by atoms with Crippen molar-refractivity contribution in [2.45, 2.75) is 12.5 Å². The third kappa shape index (κ3) is 3.43. The van der Waals surface area contributed by atoms with E-state index < -0.39 is 0 Å². The van der Waals surface area contributed by atoms with Gasteiger partial charge in [0.1, 0.15) is 5.84 Å². The van der Waals surface area contributed by atoms with Crippen molar-refractivity contribution >= 4 is 23.8 Å². The molecule has 0 aromatic heterocycles. The molecule has 1 heterocycles. The fraction of sp³-hybridized carbons (Fsp3) is 0.538. The molecule has 0 saturated carbocycles. The molecule has 5 heteroatoms. The van der Waals surface area contributed by atoms with Crippen LogP contribution < -0.4 is 10.2 Å². The monoisotopic (exact) mass is 267 g/mol. The van der Waals surface area contributed by atoms with Gasteiger partial charge >= 0.3 is 0 Å². The van der Waals surface area contributed by atoms with E-state index in [0.29, 0.717) is 0 Å². The average Bonchev–Trinajstić information content (AvgIpc) is 2.34. The van der Waals surface area contributed by atoms with E-state index in [4.69, 9.17) is 11.6 Å². The first-order valence-electron chi connectivity index (χ1n) is 6.34. The molecule has 2 rings (SSSR count). The Balaban J connectivity index is 1.96. The molecule has 2 atom stereocenters. The van der Waals surface area contributed by atoms with Crippen molar-refractivity contribution in [2.24, 2.45) is 15.9 Å². The molecule has 18 heavy (non-hydrogen) atoms. The number of hydrogen-bond acceptors (Lipinski definition) is 2. The highest BCUT2D eigenvalue weighted by Gasteiger charge is 2.26. The maximum Gasteiger partial charge on any atom is 0.111 e. The molecule has 0 bridgehead atoms. The number of hydrogen-bond donors (Lipinski definition) is 2. The summed E-state index contributed by atoms with van der Waals surface area (Å²) in [5, 5.41) is 3.90. The summed E-state index contributed by atoms with van der Waals surface area (Å²) in [6.45, 7) is 2.00. The molecule has 0 aromatic carbocycles. The Kier molecular flexibility index (Phi) is 4.55. The normalized spacial score (nSPS) is 28.2. The number of allylic oxidation sites excluding steroid dienone is 2. The first-order valence-corrected chi connectivity index (χ1v) is 6.71. The molecule has 0 fully saturated rings. The van der Waals surface area contributed by atoms with Crippen molar-refractivity contribution < 1.29 is 4.90 Å². The SMILES string of the molecule is C[NH+](C)CCCN=C1NC=N[C@@H]2C=C(Cl)C=C[C@H]12. The summed E-state index contributed by atoms with van der Waals surface area (Å²) in [4.78, 5) is 10.5. The zero-order valence-electron chi connectivity index (χ0n) is 10.9. The van der Waals surface area contributed by atoms with Gasteiger partial charge in [-0.1, -0.05) is 17.7 Å². The van der Waals surface area contributed by atoms with E-state index in [0.717, 1.165) is 30.4 Å². The van der Waals surface area contributed by atoms with Gasteiger partial charge in [0, 0.05) is 18.0 Å². The first kappa shape index (κ1) is 13.3. The molecule has 0 spiro atoms. The minimum absolute atomic E-state index is 0.0990. The Morgan fingerprint density at radius 2 is 2.33 bits per heavy atom. The van der Waals surface area contributed by atoms with Crippen LogP contribution in [0.15, 0.2) is 33.2 Å². The van der Waals surface area contributed by atoms with Gasteiger partial charge in [-0.25, -0.2) is 0 Å². The largest absolute Gasteiger partial charge is 0.340 e. The van der Waals surface area contributed by atoms with Crippen molar-refractivity contribution in [1.82, 2.24) is 5.32 Å². The van der Waals surface area contributed by atoms with Crippen LogP contribution in [0, 0.1) is 5.92 Å². The summed E-state index contributed by atoms with van der Waals surface area (Å²) in [5.74, 6) is 1.21. The second-order valence-electron chi connectivity index (χ2n) is 4.93. The lowest BCUT2D eigenvalue weighted by atomic mass is 9.93. The van der Waals surface area contributed by atoms with Crippen LogP contribution in [0.2, 0.25) is 0 Å². The number of quaternary nitrogens is 1. The molecular formula is C13H20ClN4+. The molecule has 0 unspecified atom stereocenters. The predicted molar refractivity (Wildman–Crippen MR) is 76.6 cm³/mol. The highest BCUT2D eigenvalue weighted by molar-refractivity contribution is 6.31. The molecular weight excluding hydrogens is 248 g/mol. The first-order chi connectivity index (χ1) is 8.66. The summed E-state index contributed by atoms with van der Waals surface area (Å²) in [5.41, 5.74) is 0. The summed E-state index contributed by atoms with van der Waals surface area (Å²) >= 11 is 5.98. The maximum atomic E-state index is 5.98. The molecule has 2 aliphatic rings. The van der Waals surface area contributed by atoms with Gasteiger partial charge in [-0.05, 0) is 12.2 Å². The number of amidine groups is 1. The number of nitrogens with one attached hydrogen (secondary N) is 2. The highest BCUT2D eigenvalue weighted by Crippen LogP contribution is 2.24. The summed E-state index contributed by atoms with van der Waals surface area (Å²) in [6.07, 6.45) is 8.79. The van der Waals surface area contributed by atoms with Gasteiger partial charge in [0.05, 0.1) is 38.9 Å². The van der Waals surface area contributed by atoms with E-state index >= 15 is 0 Å². The topological polar surface area (TPSA) is 41.2 Å². The molecule has 2 N–H and O–H groups in total. The molecule has 0 amide bonds. The quantitative estimate of drug-likeness (QED) is 0.704. The number of nitrogens with zero attached hydrogens (tertiary/aromatic N) is 2. The fourth-order valence-corrected chi connectivity index (χ4v) is 2.29. The van der Waals surface area contributed by atoms with Crippen LogP contribution in [0.5, 0.6) is 0 Å². The van der Waals surface area contributed by atoms with Gasteiger partial charge in [-0.15, -0.1) is 0 Å². The van der Waals surface area contributed by atoms with Gasteiger partial charge in [0.2, 0.25) is 0 Å². The van der Waals surface area contributed by atoms with Crippen LogP contribution in [-0.4, -0.2) is 45.4 Å². The van der Waals surface area contributed by atoms with Crippen molar-refractivity contribution in [3.05, 3.63) is 23.3 Å². The number of aliphatic imine (C=N–C) groups is 2. The second kappa shape index (κ2) is 6.16. The minimum atomic E-state index is 0.0990. The predicted octanol–water partition coefficient (Wildman–Crippen LogP) is 0.228. The Labute approximate surface area is 113 Å². The highest BCUT2D eigenvalue weighted by atomic mass is 35.5. The lowest BCUT2D eigenvalue weighted by Gasteiger charge is -2.27. The third-order valence-corrected chi connectivity index (χ3v) is 3.30. The van der Waals surface area contributed by atoms with Crippen LogP contribution in [0.25, 0.3) is 0 Å². The van der Waals surface area contributed by atoms with Crippen molar-refractivity contribution in [1.29, 1.82) is 0 Å². The average molecular weight is 268 g/mol. The van der Waals surface area contributed by atoms with Crippen LogP contribution in [0.3, 0.4) is 0 Å². The fourth-order valence-electron chi connectivity index (χ4n) is 2.09. The molecule has 1 aliphatic heterocycles. The Hall–Kier alpha value is -1.13. The van der Waals surface area contributed by atoms with E-state index in [1.807, 2.05) is 12.2 Å². The smallest absolute Gasteiger partial charge is 0.111 e. The Bertz CT molecular complexity index is 409. The van der Waals surface area contributed by atoms with Crippen LogP contribution in [0.1, 0.15) is 6.42 Å². The lowest BCUT2D eigenvalue weighted by molar-refractivity contribution is -0.858. The Morgan fingerprint density at radius 3 is 3.11 bits per heavy atom. The van der Waals surface area contributed by atoms with E-state index in [1.165, 1.54) is 4.90 Å². The van der Waals surface area contributed by atoms with Gasteiger partial charge in [0.15, 0.2) is 0 Å². The van der Waals surface area contributed by atoms with E-state index in [-0.39, 0.29) is 12.0 Å². The molecule has 0 saturated heterocycles. The molecule has 0 radical (unpaired) electrons. The molecule has 98 valence electrons. The number of halogens is 1. The van der Waals surface area contributed by atoms with Crippen LogP contribution in [-0.2, 0) is 0 Å². The zero-order chi connectivity index (χ0) is 13.0. The van der Waals surface area contributed by atoms with Crippen LogP contribution >= 0.6 is 11.6 Å². The second-order valence-corrected chi connectivity index (χ2v) is 5.36. The summed E-state index contributed by atoms with van der Waals surface area (Å²) in [6, 6.07) is 0.0990. The van der Waals surface area contributed by atoms with Crippen LogP contribution in [0.4, 0.5) is 0 Å².